The molecule has 3 rings (SSSR count). The maximum absolute atomic E-state index is 12.6. The van der Waals surface area contributed by atoms with Gasteiger partial charge in [-0.15, -0.1) is 0 Å². The zero-order valence-corrected chi connectivity index (χ0v) is 14.1. The van der Waals surface area contributed by atoms with Gasteiger partial charge in [0.1, 0.15) is 5.82 Å². The monoisotopic (exact) mass is 342 g/mol. The van der Waals surface area contributed by atoms with E-state index in [2.05, 4.69) is 21.7 Å². The molecule has 1 N–H and O–H groups in total. The highest BCUT2D eigenvalue weighted by atomic mass is 32.2. The van der Waals surface area contributed by atoms with Crippen LogP contribution in [-0.2, 0) is 16.4 Å². The molecule has 0 radical (unpaired) electrons. The van der Waals surface area contributed by atoms with Crippen LogP contribution in [0.5, 0.6) is 0 Å². The van der Waals surface area contributed by atoms with E-state index in [9.17, 15) is 8.42 Å². The summed E-state index contributed by atoms with van der Waals surface area (Å²) in [5, 5.41) is 4.13. The van der Waals surface area contributed by atoms with Gasteiger partial charge in [0.05, 0.1) is 11.1 Å². The summed E-state index contributed by atoms with van der Waals surface area (Å²) in [5.41, 5.74) is 1.12. The highest BCUT2D eigenvalue weighted by Crippen LogP contribution is 2.19. The first-order chi connectivity index (χ1) is 11.6. The lowest BCUT2D eigenvalue weighted by Gasteiger charge is -2.10. The maximum atomic E-state index is 12.6. The molecule has 0 saturated carbocycles. The lowest BCUT2D eigenvalue weighted by atomic mass is 10.1. The molecule has 7 heteroatoms. The van der Waals surface area contributed by atoms with E-state index in [0.717, 1.165) is 18.4 Å². The molecule has 0 aliphatic heterocycles. The minimum atomic E-state index is -3.68. The minimum absolute atomic E-state index is 0.219. The number of aryl methyl sites for hydroxylation is 1. The Morgan fingerprint density at radius 2 is 1.83 bits per heavy atom. The second-order valence-electron chi connectivity index (χ2n) is 5.32. The van der Waals surface area contributed by atoms with Crippen molar-refractivity contribution < 1.29 is 8.42 Å². The van der Waals surface area contributed by atoms with E-state index in [1.165, 1.54) is 10.9 Å². The largest absolute Gasteiger partial charge is 0.263 e. The van der Waals surface area contributed by atoms with Crippen molar-refractivity contribution in [2.75, 3.05) is 4.72 Å². The van der Waals surface area contributed by atoms with Crippen LogP contribution in [0.3, 0.4) is 0 Å². The molecule has 1 aromatic carbocycles. The smallest absolute Gasteiger partial charge is 0.263 e. The normalized spacial score (nSPS) is 11.4. The van der Waals surface area contributed by atoms with Crippen molar-refractivity contribution >= 4 is 15.8 Å². The van der Waals surface area contributed by atoms with E-state index in [1.807, 2.05) is 18.2 Å². The molecular formula is C17H18N4O2S. The molecule has 6 nitrogen and oxygen atoms in total. The zero-order valence-electron chi connectivity index (χ0n) is 13.3. The first-order valence-electron chi connectivity index (χ1n) is 7.67. The Bertz CT molecular complexity index is 903. The van der Waals surface area contributed by atoms with Crippen LogP contribution in [0, 0.1) is 0 Å². The molecule has 0 saturated heterocycles. The fourth-order valence-corrected chi connectivity index (χ4v) is 3.40. The number of rotatable bonds is 6. The molecule has 2 heterocycles. The van der Waals surface area contributed by atoms with Gasteiger partial charge in [0.25, 0.3) is 10.0 Å². The number of nitrogens with one attached hydrogen (secondary N) is 1. The number of aromatic nitrogens is 3. The third-order valence-corrected chi connectivity index (χ3v) is 4.89. The lowest BCUT2D eigenvalue weighted by Crippen LogP contribution is -2.16. The molecule has 2 aromatic heterocycles. The van der Waals surface area contributed by atoms with Crippen LogP contribution in [-0.4, -0.2) is 23.2 Å². The molecule has 0 amide bonds. The highest BCUT2D eigenvalue weighted by Gasteiger charge is 2.17. The summed E-state index contributed by atoms with van der Waals surface area (Å²) in [7, 11) is -3.68. The Balaban J connectivity index is 1.87. The van der Waals surface area contributed by atoms with E-state index in [0.29, 0.717) is 11.6 Å². The zero-order chi connectivity index (χ0) is 17.0. The van der Waals surface area contributed by atoms with Crippen molar-refractivity contribution in [3.05, 3.63) is 66.5 Å². The van der Waals surface area contributed by atoms with Crippen LogP contribution in [0.15, 0.2) is 65.8 Å². The first kappa shape index (κ1) is 16.2. The Labute approximate surface area is 141 Å². The second kappa shape index (κ2) is 6.84. The van der Waals surface area contributed by atoms with Gasteiger partial charge in [-0.2, -0.15) is 9.78 Å². The summed E-state index contributed by atoms with van der Waals surface area (Å²) >= 11 is 0. The van der Waals surface area contributed by atoms with E-state index in [4.69, 9.17) is 0 Å². The standard InChI is InChI=1S/C17H18N4O2S/c1-2-5-14-7-9-15(10-8-14)24(22,23)20-17-11-13-19-21(17)16-6-3-4-12-18-16/h3-4,6-13,20H,2,5H2,1H3. The van der Waals surface area contributed by atoms with Crippen molar-refractivity contribution in [1.82, 2.24) is 14.8 Å². The quantitative estimate of drug-likeness (QED) is 0.747. The third kappa shape index (κ3) is 3.46. The Morgan fingerprint density at radius 1 is 1.04 bits per heavy atom. The van der Waals surface area contributed by atoms with Gasteiger partial charge < -0.3 is 0 Å². The summed E-state index contributed by atoms with van der Waals surface area (Å²) in [5.74, 6) is 0.879. The summed E-state index contributed by atoms with van der Waals surface area (Å²) < 4.78 is 29.2. The fourth-order valence-electron chi connectivity index (χ4n) is 2.36. The van der Waals surface area contributed by atoms with Crippen molar-refractivity contribution in [2.24, 2.45) is 0 Å². The topological polar surface area (TPSA) is 76.9 Å². The molecule has 124 valence electrons. The minimum Gasteiger partial charge on any atom is -0.263 e. The lowest BCUT2D eigenvalue weighted by molar-refractivity contribution is 0.600. The van der Waals surface area contributed by atoms with Crippen molar-refractivity contribution in [1.29, 1.82) is 0 Å². The van der Waals surface area contributed by atoms with Crippen molar-refractivity contribution in [2.45, 2.75) is 24.7 Å². The van der Waals surface area contributed by atoms with Crippen LogP contribution >= 0.6 is 0 Å². The molecule has 0 atom stereocenters. The molecule has 0 aliphatic rings. The van der Waals surface area contributed by atoms with Gasteiger partial charge in [0, 0.05) is 12.3 Å². The van der Waals surface area contributed by atoms with E-state index in [1.54, 1.807) is 36.5 Å². The second-order valence-corrected chi connectivity index (χ2v) is 7.00. The summed E-state index contributed by atoms with van der Waals surface area (Å²) in [6, 6.07) is 13.9. The molecule has 0 spiro atoms. The third-order valence-electron chi connectivity index (χ3n) is 3.52. The van der Waals surface area contributed by atoms with Gasteiger partial charge in [0.15, 0.2) is 5.82 Å². The molecule has 3 aromatic rings. The van der Waals surface area contributed by atoms with Crippen LogP contribution in [0.2, 0.25) is 0 Å². The van der Waals surface area contributed by atoms with Gasteiger partial charge in [-0.1, -0.05) is 31.5 Å². The molecule has 0 fully saturated rings. The van der Waals surface area contributed by atoms with Gasteiger partial charge in [0.2, 0.25) is 0 Å². The Morgan fingerprint density at radius 3 is 2.50 bits per heavy atom. The predicted octanol–water partition coefficient (Wildman–Crippen LogP) is 3.02. The van der Waals surface area contributed by atoms with Crippen LogP contribution in [0.4, 0.5) is 5.82 Å². The average Bonchev–Trinajstić information content (AvgIpc) is 3.04. The van der Waals surface area contributed by atoms with Crippen LogP contribution < -0.4 is 4.72 Å². The molecule has 0 unspecified atom stereocenters. The molecule has 24 heavy (non-hydrogen) atoms. The number of nitrogens with zero attached hydrogens (tertiary/aromatic N) is 3. The van der Waals surface area contributed by atoms with Crippen LogP contribution in [0.25, 0.3) is 5.82 Å². The van der Waals surface area contributed by atoms with Crippen LogP contribution in [0.1, 0.15) is 18.9 Å². The van der Waals surface area contributed by atoms with E-state index >= 15 is 0 Å². The molecular weight excluding hydrogens is 324 g/mol. The predicted molar refractivity (Wildman–Crippen MR) is 92.6 cm³/mol. The van der Waals surface area contributed by atoms with Gasteiger partial charge in [-0.05, 0) is 36.2 Å². The van der Waals surface area contributed by atoms with Gasteiger partial charge >= 0.3 is 0 Å². The highest BCUT2D eigenvalue weighted by molar-refractivity contribution is 7.92. The Hall–Kier alpha value is -2.67. The number of benzene rings is 1. The van der Waals surface area contributed by atoms with E-state index < -0.39 is 10.0 Å². The summed E-state index contributed by atoms with van der Waals surface area (Å²) in [6.07, 6.45) is 5.10. The average molecular weight is 342 g/mol. The summed E-state index contributed by atoms with van der Waals surface area (Å²) in [4.78, 5) is 4.40. The number of hydrogen-bond donors (Lipinski definition) is 1. The van der Waals surface area contributed by atoms with Crippen molar-refractivity contribution in [3.63, 3.8) is 0 Å². The maximum Gasteiger partial charge on any atom is 0.263 e. The number of pyridine rings is 1. The molecule has 0 aliphatic carbocycles. The van der Waals surface area contributed by atoms with Crippen molar-refractivity contribution in [3.8, 4) is 5.82 Å². The number of anilines is 1. The molecule has 0 bridgehead atoms. The first-order valence-corrected chi connectivity index (χ1v) is 9.15. The van der Waals surface area contributed by atoms with Gasteiger partial charge in [-0.25, -0.2) is 13.4 Å². The number of sulfonamides is 1. The van der Waals surface area contributed by atoms with Gasteiger partial charge in [-0.3, -0.25) is 4.72 Å². The summed E-state index contributed by atoms with van der Waals surface area (Å²) in [6.45, 7) is 2.09. The SMILES string of the molecule is CCCc1ccc(S(=O)(=O)Nc2ccnn2-c2ccccn2)cc1. The van der Waals surface area contributed by atoms with E-state index in [-0.39, 0.29) is 4.90 Å². The number of hydrogen-bond acceptors (Lipinski definition) is 4. The Kier molecular flexibility index (Phi) is 4.61. The fraction of sp³-hybridized carbons (Fsp3) is 0.176.